The predicted molar refractivity (Wildman–Crippen MR) is 43.6 cm³/mol. The SMILES string of the molecule is CCCOc1nocc1C(=O)OC. The summed E-state index contributed by atoms with van der Waals surface area (Å²) in [4.78, 5) is 11.1. The van der Waals surface area contributed by atoms with E-state index in [1.54, 1.807) is 0 Å². The molecule has 0 spiro atoms. The fourth-order valence-electron chi connectivity index (χ4n) is 0.775. The van der Waals surface area contributed by atoms with Gasteiger partial charge >= 0.3 is 5.97 Å². The molecule has 13 heavy (non-hydrogen) atoms. The largest absolute Gasteiger partial charge is 0.475 e. The van der Waals surface area contributed by atoms with E-state index in [2.05, 4.69) is 14.4 Å². The standard InChI is InChI=1S/C8H11NO4/c1-3-4-12-7-6(5-13-9-7)8(10)11-2/h5H,3-4H2,1-2H3. The van der Waals surface area contributed by atoms with Crippen molar-refractivity contribution >= 4 is 5.97 Å². The van der Waals surface area contributed by atoms with Crippen LogP contribution in [0.3, 0.4) is 0 Å². The van der Waals surface area contributed by atoms with E-state index >= 15 is 0 Å². The van der Waals surface area contributed by atoms with Gasteiger partial charge in [-0.2, -0.15) is 0 Å². The van der Waals surface area contributed by atoms with Crippen molar-refractivity contribution in [2.24, 2.45) is 0 Å². The molecule has 0 fully saturated rings. The van der Waals surface area contributed by atoms with Gasteiger partial charge in [-0.15, -0.1) is 0 Å². The van der Waals surface area contributed by atoms with Crippen LogP contribution in [0.4, 0.5) is 0 Å². The summed E-state index contributed by atoms with van der Waals surface area (Å²) >= 11 is 0. The average Bonchev–Trinajstić information content (AvgIpc) is 2.61. The van der Waals surface area contributed by atoms with Gasteiger partial charge in [0.2, 0.25) is 0 Å². The van der Waals surface area contributed by atoms with Crippen molar-refractivity contribution < 1.29 is 18.8 Å². The Morgan fingerprint density at radius 3 is 3.08 bits per heavy atom. The van der Waals surface area contributed by atoms with Gasteiger partial charge in [-0.25, -0.2) is 4.79 Å². The molecule has 0 saturated carbocycles. The van der Waals surface area contributed by atoms with E-state index in [0.717, 1.165) is 6.42 Å². The lowest BCUT2D eigenvalue weighted by Crippen LogP contribution is -2.04. The van der Waals surface area contributed by atoms with Gasteiger partial charge in [-0.1, -0.05) is 6.92 Å². The molecule has 1 rings (SSSR count). The highest BCUT2D eigenvalue weighted by Gasteiger charge is 2.17. The Morgan fingerprint density at radius 2 is 2.46 bits per heavy atom. The summed E-state index contributed by atoms with van der Waals surface area (Å²) in [6.07, 6.45) is 2.05. The molecular formula is C8H11NO4. The third-order valence-electron chi connectivity index (χ3n) is 1.38. The number of methoxy groups -OCH3 is 1. The van der Waals surface area contributed by atoms with Crippen molar-refractivity contribution in [3.8, 4) is 5.88 Å². The van der Waals surface area contributed by atoms with E-state index in [9.17, 15) is 4.79 Å². The Labute approximate surface area is 75.6 Å². The van der Waals surface area contributed by atoms with E-state index in [1.807, 2.05) is 6.92 Å². The molecule has 0 aliphatic carbocycles. The molecule has 0 N–H and O–H groups in total. The third kappa shape index (κ3) is 2.21. The predicted octanol–water partition coefficient (Wildman–Crippen LogP) is 1.25. The first-order valence-corrected chi connectivity index (χ1v) is 3.95. The molecule has 0 aromatic carbocycles. The van der Waals surface area contributed by atoms with Crippen LogP contribution >= 0.6 is 0 Å². The van der Waals surface area contributed by atoms with Gasteiger partial charge in [0.15, 0.2) is 5.56 Å². The zero-order valence-electron chi connectivity index (χ0n) is 7.57. The van der Waals surface area contributed by atoms with Crippen LogP contribution in [0, 0.1) is 0 Å². The van der Waals surface area contributed by atoms with Crippen LogP contribution in [0.5, 0.6) is 5.88 Å². The molecule has 1 heterocycles. The van der Waals surface area contributed by atoms with Crippen LogP contribution in [0.1, 0.15) is 23.7 Å². The lowest BCUT2D eigenvalue weighted by atomic mass is 10.3. The second kappa shape index (κ2) is 4.49. The highest BCUT2D eigenvalue weighted by Crippen LogP contribution is 2.16. The fourth-order valence-corrected chi connectivity index (χ4v) is 0.775. The zero-order valence-corrected chi connectivity index (χ0v) is 7.57. The van der Waals surface area contributed by atoms with Crippen molar-refractivity contribution in [1.82, 2.24) is 5.16 Å². The molecule has 0 aliphatic heterocycles. The molecule has 0 bridgehead atoms. The van der Waals surface area contributed by atoms with Crippen LogP contribution in [-0.4, -0.2) is 24.8 Å². The number of ether oxygens (including phenoxy) is 2. The quantitative estimate of drug-likeness (QED) is 0.660. The lowest BCUT2D eigenvalue weighted by Gasteiger charge is -2.00. The summed E-state index contributed by atoms with van der Waals surface area (Å²) < 4.78 is 14.2. The maximum absolute atomic E-state index is 11.1. The second-order valence-corrected chi connectivity index (χ2v) is 2.37. The van der Waals surface area contributed by atoms with Gasteiger partial charge in [-0.05, 0) is 11.6 Å². The summed E-state index contributed by atoms with van der Waals surface area (Å²) in [5, 5.41) is 3.52. The number of rotatable bonds is 4. The highest BCUT2D eigenvalue weighted by molar-refractivity contribution is 5.91. The van der Waals surface area contributed by atoms with E-state index in [0.29, 0.717) is 6.61 Å². The number of aromatic nitrogens is 1. The van der Waals surface area contributed by atoms with Gasteiger partial charge in [0.05, 0.1) is 13.7 Å². The molecule has 1 aromatic rings. The molecule has 0 saturated heterocycles. The first-order chi connectivity index (χ1) is 6.29. The monoisotopic (exact) mass is 185 g/mol. The summed E-state index contributed by atoms with van der Waals surface area (Å²) in [5.41, 5.74) is 0.218. The molecule has 1 aromatic heterocycles. The Morgan fingerprint density at radius 1 is 1.69 bits per heavy atom. The normalized spacial score (nSPS) is 9.69. The maximum atomic E-state index is 11.1. The van der Waals surface area contributed by atoms with E-state index in [1.165, 1.54) is 13.4 Å². The first-order valence-electron chi connectivity index (χ1n) is 3.95. The van der Waals surface area contributed by atoms with Crippen LogP contribution in [-0.2, 0) is 4.74 Å². The van der Waals surface area contributed by atoms with Crippen LogP contribution in [0.15, 0.2) is 10.8 Å². The number of carbonyl (C=O) groups excluding carboxylic acids is 1. The smallest absolute Gasteiger partial charge is 0.346 e. The van der Waals surface area contributed by atoms with Gasteiger partial charge in [0.25, 0.3) is 5.88 Å². The van der Waals surface area contributed by atoms with Crippen molar-refractivity contribution in [3.63, 3.8) is 0 Å². The summed E-state index contributed by atoms with van der Waals surface area (Å²) in [7, 11) is 1.29. The average molecular weight is 185 g/mol. The molecule has 0 radical (unpaired) electrons. The maximum Gasteiger partial charge on any atom is 0.346 e. The lowest BCUT2D eigenvalue weighted by molar-refractivity contribution is 0.0595. The van der Waals surface area contributed by atoms with Gasteiger partial charge in [0.1, 0.15) is 6.26 Å². The van der Waals surface area contributed by atoms with Crippen molar-refractivity contribution in [2.75, 3.05) is 13.7 Å². The first kappa shape index (κ1) is 9.57. The van der Waals surface area contributed by atoms with Gasteiger partial charge in [-0.3, -0.25) is 0 Å². The van der Waals surface area contributed by atoms with E-state index in [4.69, 9.17) is 4.74 Å². The Kier molecular flexibility index (Phi) is 3.31. The van der Waals surface area contributed by atoms with Crippen molar-refractivity contribution in [2.45, 2.75) is 13.3 Å². The minimum Gasteiger partial charge on any atom is -0.475 e. The topological polar surface area (TPSA) is 61.6 Å². The van der Waals surface area contributed by atoms with Gasteiger partial charge < -0.3 is 14.0 Å². The Hall–Kier alpha value is -1.52. The number of carbonyl (C=O) groups is 1. The molecular weight excluding hydrogens is 174 g/mol. The Bertz CT molecular complexity index is 281. The van der Waals surface area contributed by atoms with Crippen molar-refractivity contribution in [3.05, 3.63) is 11.8 Å². The summed E-state index contributed by atoms with van der Waals surface area (Å²) in [5.74, 6) is -0.318. The minimum absolute atomic E-state index is 0.189. The molecule has 5 nitrogen and oxygen atoms in total. The molecule has 0 aliphatic rings. The molecule has 0 unspecified atom stereocenters. The molecule has 5 heteroatoms. The number of nitrogens with zero attached hydrogens (tertiary/aromatic N) is 1. The zero-order chi connectivity index (χ0) is 9.68. The molecule has 72 valence electrons. The molecule has 0 atom stereocenters. The molecule has 0 amide bonds. The highest BCUT2D eigenvalue weighted by atomic mass is 16.5. The van der Waals surface area contributed by atoms with E-state index < -0.39 is 5.97 Å². The Balaban J connectivity index is 2.71. The number of hydrogen-bond acceptors (Lipinski definition) is 5. The second-order valence-electron chi connectivity index (χ2n) is 2.37. The minimum atomic E-state index is -0.507. The van der Waals surface area contributed by atoms with Crippen LogP contribution < -0.4 is 4.74 Å². The summed E-state index contributed by atoms with van der Waals surface area (Å²) in [6, 6.07) is 0. The number of hydrogen-bond donors (Lipinski definition) is 0. The van der Waals surface area contributed by atoms with Crippen LogP contribution in [0.2, 0.25) is 0 Å². The third-order valence-corrected chi connectivity index (χ3v) is 1.38. The number of esters is 1. The van der Waals surface area contributed by atoms with Crippen LogP contribution in [0.25, 0.3) is 0 Å². The van der Waals surface area contributed by atoms with Gasteiger partial charge in [0, 0.05) is 0 Å². The van der Waals surface area contributed by atoms with Crippen molar-refractivity contribution in [1.29, 1.82) is 0 Å². The van der Waals surface area contributed by atoms with E-state index in [-0.39, 0.29) is 11.4 Å². The summed E-state index contributed by atoms with van der Waals surface area (Å²) in [6.45, 7) is 2.45. The fraction of sp³-hybridized carbons (Fsp3) is 0.500.